The highest BCUT2D eigenvalue weighted by molar-refractivity contribution is 8.00. The monoisotopic (exact) mass is 259 g/mol. The summed E-state index contributed by atoms with van der Waals surface area (Å²) in [6.07, 6.45) is 3.01. The predicted octanol–water partition coefficient (Wildman–Crippen LogP) is 0.318. The van der Waals surface area contributed by atoms with E-state index in [1.165, 1.54) is 0 Å². The van der Waals surface area contributed by atoms with Crippen LogP contribution < -0.4 is 0 Å². The van der Waals surface area contributed by atoms with Crippen molar-refractivity contribution in [1.82, 2.24) is 4.90 Å². The summed E-state index contributed by atoms with van der Waals surface area (Å²) in [5.41, 5.74) is 0. The Balaban J connectivity index is 1.86. The van der Waals surface area contributed by atoms with Crippen LogP contribution >= 0.6 is 11.8 Å². The molecule has 2 saturated heterocycles. The highest BCUT2D eigenvalue weighted by atomic mass is 32.2. The number of fused-ring (bicyclic) bond motifs is 2. The van der Waals surface area contributed by atoms with Crippen molar-refractivity contribution in [2.45, 2.75) is 43.9 Å². The first-order valence-electron chi connectivity index (χ1n) is 5.86. The van der Waals surface area contributed by atoms with Gasteiger partial charge < -0.3 is 15.1 Å². The van der Waals surface area contributed by atoms with Crippen LogP contribution in [0.15, 0.2) is 0 Å². The van der Waals surface area contributed by atoms with E-state index in [0.717, 1.165) is 24.6 Å². The van der Waals surface area contributed by atoms with Crippen molar-refractivity contribution < 1.29 is 19.8 Å². The summed E-state index contributed by atoms with van der Waals surface area (Å²) in [6, 6.07) is 0.336. The molecule has 0 spiro atoms. The number of carbonyl (C=O) groups is 2. The molecule has 2 rings (SSSR count). The molecule has 0 aromatic heterocycles. The Morgan fingerprint density at radius 2 is 1.76 bits per heavy atom. The van der Waals surface area contributed by atoms with Gasteiger partial charge in [0.05, 0.1) is 17.6 Å². The second kappa shape index (κ2) is 5.27. The SMILES string of the molecule is O=C(O)CSCC(=O)N1C2CCC1CC(O)C2. The second-order valence-electron chi connectivity index (χ2n) is 4.70. The van der Waals surface area contributed by atoms with Crippen LogP contribution in [-0.4, -0.2) is 56.7 Å². The van der Waals surface area contributed by atoms with Crippen LogP contribution in [0.2, 0.25) is 0 Å². The minimum Gasteiger partial charge on any atom is -0.481 e. The Bertz CT molecular complexity index is 309. The standard InChI is InChI=1S/C11H17NO4S/c13-9-3-7-1-2-8(4-9)12(7)10(14)5-17-6-11(15)16/h7-9,13H,1-6H2,(H,15,16). The maximum atomic E-state index is 12.0. The zero-order valence-corrected chi connectivity index (χ0v) is 10.4. The first kappa shape index (κ1) is 12.7. The van der Waals surface area contributed by atoms with Crippen LogP contribution in [0.1, 0.15) is 25.7 Å². The van der Waals surface area contributed by atoms with E-state index in [0.29, 0.717) is 12.8 Å². The lowest BCUT2D eigenvalue weighted by atomic mass is 10.00. The van der Waals surface area contributed by atoms with Crippen molar-refractivity contribution >= 4 is 23.6 Å². The van der Waals surface area contributed by atoms with E-state index in [9.17, 15) is 14.7 Å². The van der Waals surface area contributed by atoms with E-state index >= 15 is 0 Å². The lowest BCUT2D eigenvalue weighted by Crippen LogP contribution is -2.48. The number of thioether (sulfide) groups is 1. The Morgan fingerprint density at radius 3 is 2.29 bits per heavy atom. The molecule has 2 bridgehead atoms. The topological polar surface area (TPSA) is 77.8 Å². The molecule has 0 radical (unpaired) electrons. The van der Waals surface area contributed by atoms with Gasteiger partial charge in [0.2, 0.25) is 5.91 Å². The number of carboxylic acids is 1. The van der Waals surface area contributed by atoms with Gasteiger partial charge in [-0.3, -0.25) is 9.59 Å². The number of rotatable bonds is 4. The number of aliphatic hydroxyl groups is 1. The fourth-order valence-corrected chi connectivity index (χ4v) is 3.46. The number of carboxylic acid groups (broad SMARTS) is 1. The number of nitrogens with zero attached hydrogens (tertiary/aromatic N) is 1. The minimum atomic E-state index is -0.889. The first-order chi connectivity index (χ1) is 8.08. The van der Waals surface area contributed by atoms with Gasteiger partial charge in [-0.1, -0.05) is 0 Å². The number of amides is 1. The Kier molecular flexibility index (Phi) is 3.93. The van der Waals surface area contributed by atoms with Crippen molar-refractivity contribution in [2.24, 2.45) is 0 Å². The molecule has 0 aromatic rings. The smallest absolute Gasteiger partial charge is 0.313 e. The third-order valence-corrected chi connectivity index (χ3v) is 4.35. The fourth-order valence-electron chi connectivity index (χ4n) is 2.86. The van der Waals surface area contributed by atoms with E-state index in [1.54, 1.807) is 0 Å². The van der Waals surface area contributed by atoms with Crippen LogP contribution in [0.3, 0.4) is 0 Å². The quantitative estimate of drug-likeness (QED) is 0.760. The van der Waals surface area contributed by atoms with Crippen LogP contribution in [0.4, 0.5) is 0 Å². The van der Waals surface area contributed by atoms with Gasteiger partial charge in [-0.25, -0.2) is 0 Å². The molecule has 2 heterocycles. The molecule has 6 heteroatoms. The Hall–Kier alpha value is -0.750. The molecular weight excluding hydrogens is 242 g/mol. The Morgan fingerprint density at radius 1 is 1.18 bits per heavy atom. The lowest BCUT2D eigenvalue weighted by molar-refractivity contribution is -0.134. The molecule has 2 unspecified atom stereocenters. The molecule has 96 valence electrons. The summed E-state index contributed by atoms with van der Waals surface area (Å²) in [7, 11) is 0. The van der Waals surface area contributed by atoms with Crippen molar-refractivity contribution in [3.63, 3.8) is 0 Å². The third-order valence-electron chi connectivity index (χ3n) is 3.45. The zero-order valence-electron chi connectivity index (χ0n) is 9.54. The number of hydrogen-bond donors (Lipinski definition) is 2. The normalized spacial score (nSPS) is 31.6. The van der Waals surface area contributed by atoms with E-state index in [-0.39, 0.29) is 35.6 Å². The molecule has 1 amide bonds. The molecule has 0 saturated carbocycles. The molecule has 2 aliphatic heterocycles. The summed E-state index contributed by atoms with van der Waals surface area (Å²) >= 11 is 1.14. The lowest BCUT2D eigenvalue weighted by Gasteiger charge is -2.37. The van der Waals surface area contributed by atoms with Crippen molar-refractivity contribution in [1.29, 1.82) is 0 Å². The molecule has 2 N–H and O–H groups in total. The van der Waals surface area contributed by atoms with E-state index in [1.807, 2.05) is 4.90 Å². The molecule has 2 fully saturated rings. The predicted molar refractivity (Wildman–Crippen MR) is 63.9 cm³/mol. The summed E-state index contributed by atoms with van der Waals surface area (Å²) in [5.74, 6) is -0.664. The largest absolute Gasteiger partial charge is 0.481 e. The number of piperidine rings is 1. The minimum absolute atomic E-state index is 0.0238. The van der Waals surface area contributed by atoms with Crippen LogP contribution in [0.5, 0.6) is 0 Å². The van der Waals surface area contributed by atoms with Crippen molar-refractivity contribution in [3.05, 3.63) is 0 Å². The molecule has 5 nitrogen and oxygen atoms in total. The van der Waals surface area contributed by atoms with Gasteiger partial charge in [0, 0.05) is 12.1 Å². The van der Waals surface area contributed by atoms with Crippen LogP contribution in [0.25, 0.3) is 0 Å². The van der Waals surface area contributed by atoms with Gasteiger partial charge in [-0.15, -0.1) is 11.8 Å². The average molecular weight is 259 g/mol. The van der Waals surface area contributed by atoms with Gasteiger partial charge in [0.25, 0.3) is 0 Å². The highest BCUT2D eigenvalue weighted by Crippen LogP contribution is 2.36. The van der Waals surface area contributed by atoms with E-state index in [4.69, 9.17) is 5.11 Å². The maximum Gasteiger partial charge on any atom is 0.313 e. The molecule has 2 atom stereocenters. The summed E-state index contributed by atoms with van der Waals surface area (Å²) in [4.78, 5) is 24.2. The summed E-state index contributed by atoms with van der Waals surface area (Å²) in [5, 5.41) is 18.1. The zero-order chi connectivity index (χ0) is 12.4. The molecule has 0 aromatic carbocycles. The van der Waals surface area contributed by atoms with Gasteiger partial charge >= 0.3 is 5.97 Å². The van der Waals surface area contributed by atoms with E-state index in [2.05, 4.69) is 0 Å². The van der Waals surface area contributed by atoms with Gasteiger partial charge in [-0.05, 0) is 25.7 Å². The molecule has 2 aliphatic rings. The number of aliphatic carboxylic acids is 1. The Labute approximate surface area is 104 Å². The van der Waals surface area contributed by atoms with Gasteiger partial charge in [0.1, 0.15) is 0 Å². The number of aliphatic hydroxyl groups excluding tert-OH is 1. The molecular formula is C11H17NO4S. The van der Waals surface area contributed by atoms with Crippen LogP contribution in [-0.2, 0) is 9.59 Å². The van der Waals surface area contributed by atoms with Gasteiger partial charge in [0.15, 0.2) is 0 Å². The van der Waals surface area contributed by atoms with E-state index < -0.39 is 5.97 Å². The fraction of sp³-hybridized carbons (Fsp3) is 0.818. The third kappa shape index (κ3) is 2.93. The van der Waals surface area contributed by atoms with Crippen LogP contribution in [0, 0.1) is 0 Å². The molecule has 17 heavy (non-hydrogen) atoms. The molecule has 0 aliphatic carbocycles. The van der Waals surface area contributed by atoms with Crippen molar-refractivity contribution in [2.75, 3.05) is 11.5 Å². The maximum absolute atomic E-state index is 12.0. The average Bonchev–Trinajstić information content (AvgIpc) is 2.50. The summed E-state index contributed by atoms with van der Waals surface area (Å²) < 4.78 is 0. The second-order valence-corrected chi connectivity index (χ2v) is 5.68. The van der Waals surface area contributed by atoms with Crippen molar-refractivity contribution in [3.8, 4) is 0 Å². The summed E-state index contributed by atoms with van der Waals surface area (Å²) in [6.45, 7) is 0. The highest BCUT2D eigenvalue weighted by Gasteiger charge is 2.42. The number of hydrogen-bond acceptors (Lipinski definition) is 4. The first-order valence-corrected chi connectivity index (χ1v) is 7.02. The number of carbonyl (C=O) groups excluding carboxylic acids is 1. The van der Waals surface area contributed by atoms with Gasteiger partial charge in [-0.2, -0.15) is 0 Å².